The van der Waals surface area contributed by atoms with Crippen LogP contribution in [0.1, 0.15) is 25.0 Å². The van der Waals surface area contributed by atoms with Crippen LogP contribution >= 0.6 is 15.9 Å². The summed E-state index contributed by atoms with van der Waals surface area (Å²) in [4.78, 5) is 28.8. The highest BCUT2D eigenvalue weighted by Crippen LogP contribution is 2.61. The fourth-order valence-corrected chi connectivity index (χ4v) is 3.64. The van der Waals surface area contributed by atoms with Crippen molar-refractivity contribution in [2.75, 3.05) is 0 Å². The summed E-state index contributed by atoms with van der Waals surface area (Å²) in [7, 11) is 0. The molecule has 108 valence electrons. The zero-order valence-corrected chi connectivity index (χ0v) is 12.9. The first-order chi connectivity index (χ1) is 10.1. The van der Waals surface area contributed by atoms with E-state index < -0.39 is 11.1 Å². The van der Waals surface area contributed by atoms with Crippen molar-refractivity contribution in [1.82, 2.24) is 14.1 Å². The van der Waals surface area contributed by atoms with Crippen molar-refractivity contribution in [2.45, 2.75) is 31.3 Å². The van der Waals surface area contributed by atoms with E-state index in [0.29, 0.717) is 6.54 Å². The lowest BCUT2D eigenvalue weighted by molar-refractivity contribution is -0.0919. The number of rotatable bonds is 3. The molecular formula is C15H14BrN3O2. The Hall–Kier alpha value is -1.69. The van der Waals surface area contributed by atoms with E-state index in [1.165, 1.54) is 4.57 Å². The summed E-state index contributed by atoms with van der Waals surface area (Å²) >= 11 is 3.32. The van der Waals surface area contributed by atoms with Crippen LogP contribution < -0.4 is 11.1 Å². The Morgan fingerprint density at radius 3 is 2.52 bits per heavy atom. The number of pyridine rings is 1. The van der Waals surface area contributed by atoms with Crippen molar-refractivity contribution in [2.24, 2.45) is 5.92 Å². The summed E-state index contributed by atoms with van der Waals surface area (Å²) in [5, 5.41) is 0. The molecule has 2 aromatic heterocycles. The average molecular weight is 348 g/mol. The molecule has 5 nitrogen and oxygen atoms in total. The molecule has 3 aliphatic carbocycles. The Kier molecular flexibility index (Phi) is 2.73. The topological polar surface area (TPSA) is 56.9 Å². The standard InChI is InChI=1S/C15H14BrN3O2/c16-11-1-2-12(17-8-11)9-18-3-4-19(14(21)13(18)20)15-5-10(6-15)7-15/h1-4,8,10H,5-7,9H2. The van der Waals surface area contributed by atoms with Crippen LogP contribution in [0, 0.1) is 5.92 Å². The third-order valence-corrected chi connectivity index (χ3v) is 5.17. The summed E-state index contributed by atoms with van der Waals surface area (Å²) in [5.74, 6) is 0.770. The summed E-state index contributed by atoms with van der Waals surface area (Å²) in [6, 6.07) is 3.71. The summed E-state index contributed by atoms with van der Waals surface area (Å²) < 4.78 is 3.97. The van der Waals surface area contributed by atoms with Crippen LogP contribution in [0.5, 0.6) is 0 Å². The Morgan fingerprint density at radius 1 is 1.19 bits per heavy atom. The van der Waals surface area contributed by atoms with Crippen molar-refractivity contribution in [3.05, 3.63) is 61.6 Å². The molecule has 0 unspecified atom stereocenters. The Morgan fingerprint density at radius 2 is 1.95 bits per heavy atom. The molecule has 0 radical (unpaired) electrons. The molecule has 0 saturated heterocycles. The van der Waals surface area contributed by atoms with E-state index >= 15 is 0 Å². The van der Waals surface area contributed by atoms with Gasteiger partial charge in [0.2, 0.25) is 0 Å². The highest BCUT2D eigenvalue weighted by Gasteiger charge is 2.58. The molecule has 3 saturated carbocycles. The minimum atomic E-state index is -0.466. The van der Waals surface area contributed by atoms with Gasteiger partial charge in [-0.2, -0.15) is 0 Å². The number of nitrogens with zero attached hydrogens (tertiary/aromatic N) is 3. The first-order valence-corrected chi connectivity index (χ1v) is 7.80. The molecule has 0 aliphatic heterocycles. The second-order valence-corrected chi connectivity index (χ2v) is 6.99. The average Bonchev–Trinajstić information content (AvgIpc) is 2.37. The number of hydrogen-bond donors (Lipinski definition) is 0. The third kappa shape index (κ3) is 1.92. The van der Waals surface area contributed by atoms with Crippen molar-refractivity contribution >= 4 is 15.9 Å². The number of halogens is 1. The molecular weight excluding hydrogens is 334 g/mol. The van der Waals surface area contributed by atoms with Gasteiger partial charge in [0, 0.05) is 28.6 Å². The molecule has 0 aromatic carbocycles. The van der Waals surface area contributed by atoms with Gasteiger partial charge in [-0.3, -0.25) is 14.6 Å². The maximum absolute atomic E-state index is 12.3. The van der Waals surface area contributed by atoms with E-state index in [9.17, 15) is 9.59 Å². The van der Waals surface area contributed by atoms with E-state index in [1.54, 1.807) is 23.2 Å². The molecule has 6 heteroatoms. The molecule has 2 heterocycles. The fraction of sp³-hybridized carbons (Fsp3) is 0.400. The van der Waals surface area contributed by atoms with Crippen molar-refractivity contribution in [3.8, 4) is 0 Å². The van der Waals surface area contributed by atoms with Crippen LogP contribution in [0.25, 0.3) is 0 Å². The summed E-state index contributed by atoms with van der Waals surface area (Å²) in [6.45, 7) is 0.317. The van der Waals surface area contributed by atoms with Crippen LogP contribution in [0.2, 0.25) is 0 Å². The maximum atomic E-state index is 12.3. The van der Waals surface area contributed by atoms with Gasteiger partial charge in [0.1, 0.15) is 0 Å². The number of aromatic nitrogens is 3. The van der Waals surface area contributed by atoms with Crippen LogP contribution in [0.4, 0.5) is 0 Å². The van der Waals surface area contributed by atoms with Gasteiger partial charge in [0.25, 0.3) is 0 Å². The first-order valence-electron chi connectivity index (χ1n) is 7.00. The van der Waals surface area contributed by atoms with E-state index in [0.717, 1.165) is 35.3 Å². The van der Waals surface area contributed by atoms with Crippen molar-refractivity contribution in [3.63, 3.8) is 0 Å². The minimum absolute atomic E-state index is 0.0458. The lowest BCUT2D eigenvalue weighted by Gasteiger charge is -2.62. The van der Waals surface area contributed by atoms with E-state index in [2.05, 4.69) is 20.9 Å². The number of hydrogen-bond acceptors (Lipinski definition) is 3. The maximum Gasteiger partial charge on any atom is 0.316 e. The van der Waals surface area contributed by atoms with Crippen LogP contribution in [-0.4, -0.2) is 14.1 Å². The normalized spacial score (nSPS) is 26.0. The van der Waals surface area contributed by atoms with Gasteiger partial charge >= 0.3 is 11.1 Å². The molecule has 0 amide bonds. The van der Waals surface area contributed by atoms with Crippen LogP contribution in [0.15, 0.2) is 44.8 Å². The van der Waals surface area contributed by atoms with E-state index in [4.69, 9.17) is 0 Å². The highest BCUT2D eigenvalue weighted by molar-refractivity contribution is 9.10. The first kappa shape index (κ1) is 13.0. The molecule has 3 aliphatic rings. The third-order valence-electron chi connectivity index (χ3n) is 4.70. The molecule has 0 N–H and O–H groups in total. The monoisotopic (exact) mass is 347 g/mol. The lowest BCUT2D eigenvalue weighted by atomic mass is 9.49. The molecule has 0 atom stereocenters. The van der Waals surface area contributed by atoms with Gasteiger partial charge in [-0.15, -0.1) is 0 Å². The molecule has 21 heavy (non-hydrogen) atoms. The summed E-state index contributed by atoms with van der Waals surface area (Å²) in [6.07, 6.45) is 8.29. The lowest BCUT2D eigenvalue weighted by Crippen LogP contribution is -2.64. The predicted molar refractivity (Wildman–Crippen MR) is 81.3 cm³/mol. The van der Waals surface area contributed by atoms with Gasteiger partial charge in [0.05, 0.1) is 12.2 Å². The molecule has 3 fully saturated rings. The quantitative estimate of drug-likeness (QED) is 0.794. The second kappa shape index (κ2) is 4.40. The van der Waals surface area contributed by atoms with Crippen molar-refractivity contribution < 1.29 is 0 Å². The Balaban J connectivity index is 1.67. The van der Waals surface area contributed by atoms with Gasteiger partial charge in [0.15, 0.2) is 0 Å². The highest BCUT2D eigenvalue weighted by atomic mass is 79.9. The molecule has 2 bridgehead atoms. The van der Waals surface area contributed by atoms with Gasteiger partial charge in [-0.25, -0.2) is 0 Å². The largest absolute Gasteiger partial charge is 0.316 e. The van der Waals surface area contributed by atoms with Gasteiger partial charge in [-0.1, -0.05) is 0 Å². The predicted octanol–water partition coefficient (Wildman–Crippen LogP) is 1.72. The SMILES string of the molecule is O=c1c(=O)n(C23CC(C2)C3)ccn1Cc1ccc(Br)cn1. The van der Waals surface area contributed by atoms with Crippen LogP contribution in [-0.2, 0) is 12.1 Å². The molecule has 5 rings (SSSR count). The zero-order chi connectivity index (χ0) is 14.6. The Labute approximate surface area is 129 Å². The zero-order valence-electron chi connectivity index (χ0n) is 11.3. The minimum Gasteiger partial charge on any atom is -0.303 e. The van der Waals surface area contributed by atoms with Gasteiger partial charge in [-0.05, 0) is 53.2 Å². The van der Waals surface area contributed by atoms with E-state index in [1.807, 2.05) is 12.1 Å². The smallest absolute Gasteiger partial charge is 0.303 e. The van der Waals surface area contributed by atoms with Gasteiger partial charge < -0.3 is 9.13 Å². The van der Waals surface area contributed by atoms with E-state index in [-0.39, 0.29) is 5.54 Å². The Bertz CT molecular complexity index is 805. The van der Waals surface area contributed by atoms with Crippen LogP contribution in [0.3, 0.4) is 0 Å². The van der Waals surface area contributed by atoms with Crippen molar-refractivity contribution in [1.29, 1.82) is 0 Å². The summed E-state index contributed by atoms with van der Waals surface area (Å²) in [5.41, 5.74) is -0.168. The fourth-order valence-electron chi connectivity index (χ4n) is 3.41. The molecule has 0 spiro atoms. The molecule has 2 aromatic rings. The second-order valence-electron chi connectivity index (χ2n) is 6.08.